The largest absolute Gasteiger partial charge is 0.372 e. The molecule has 2 atom stereocenters. The topological polar surface area (TPSA) is 21.3 Å². The minimum atomic E-state index is -0.0331. The first-order valence-electron chi connectivity index (χ1n) is 6.37. The van der Waals surface area contributed by atoms with Crippen molar-refractivity contribution >= 4 is 0 Å². The molecule has 0 amide bonds. The Morgan fingerprint density at radius 1 is 1.06 bits per heavy atom. The SMILES string of the molecule is CC(C)(C)N[C@@H]1C[C@@H](OC(C)(C)C)C1(C)C. The number of nitrogens with one attached hydrogen (secondary N) is 1. The minimum absolute atomic E-state index is 0.0331. The third-order valence-corrected chi connectivity index (χ3v) is 3.28. The number of rotatable bonds is 2. The summed E-state index contributed by atoms with van der Waals surface area (Å²) in [5.41, 5.74) is 0.393. The van der Waals surface area contributed by atoms with Crippen LogP contribution in [0.15, 0.2) is 0 Å². The zero-order valence-electron chi connectivity index (χ0n) is 12.3. The lowest BCUT2D eigenvalue weighted by molar-refractivity contribution is -0.175. The fraction of sp³-hybridized carbons (Fsp3) is 1.00. The molecular formula is C14H29NO. The third kappa shape index (κ3) is 3.46. The van der Waals surface area contributed by atoms with Crippen molar-refractivity contribution in [3.8, 4) is 0 Å². The maximum atomic E-state index is 6.09. The van der Waals surface area contributed by atoms with E-state index in [1.54, 1.807) is 0 Å². The standard InChI is InChI=1S/C14H29NO/c1-12(2,3)15-10-9-11(14(10,7)8)16-13(4,5)6/h10-11,15H,9H2,1-8H3/t10-,11-/m1/s1. The zero-order chi connectivity index (χ0) is 12.8. The van der Waals surface area contributed by atoms with E-state index in [1.807, 2.05) is 0 Å². The molecule has 0 bridgehead atoms. The maximum absolute atomic E-state index is 6.09. The lowest BCUT2D eigenvalue weighted by atomic mass is 9.63. The first-order valence-corrected chi connectivity index (χ1v) is 6.37. The van der Waals surface area contributed by atoms with Crippen molar-refractivity contribution in [3.63, 3.8) is 0 Å². The molecule has 2 nitrogen and oxygen atoms in total. The van der Waals surface area contributed by atoms with Crippen LogP contribution >= 0.6 is 0 Å². The van der Waals surface area contributed by atoms with Gasteiger partial charge < -0.3 is 10.1 Å². The maximum Gasteiger partial charge on any atom is 0.0663 e. The molecule has 1 aliphatic carbocycles. The van der Waals surface area contributed by atoms with E-state index in [1.165, 1.54) is 0 Å². The third-order valence-electron chi connectivity index (χ3n) is 3.28. The Bertz CT molecular complexity index is 220. The van der Waals surface area contributed by atoms with Gasteiger partial charge in [0.2, 0.25) is 0 Å². The molecule has 1 fully saturated rings. The van der Waals surface area contributed by atoms with E-state index >= 15 is 0 Å². The van der Waals surface area contributed by atoms with Gasteiger partial charge in [-0.2, -0.15) is 0 Å². The summed E-state index contributed by atoms with van der Waals surface area (Å²) in [6.45, 7) is 17.7. The van der Waals surface area contributed by atoms with Crippen LogP contribution in [-0.2, 0) is 4.74 Å². The smallest absolute Gasteiger partial charge is 0.0663 e. The van der Waals surface area contributed by atoms with Crippen LogP contribution in [0.4, 0.5) is 0 Å². The number of hydrogen-bond acceptors (Lipinski definition) is 2. The second-order valence-corrected chi connectivity index (χ2v) is 7.72. The normalized spacial score (nSPS) is 30.0. The Morgan fingerprint density at radius 3 is 1.88 bits per heavy atom. The van der Waals surface area contributed by atoms with E-state index in [9.17, 15) is 0 Å². The van der Waals surface area contributed by atoms with Crippen molar-refractivity contribution in [2.75, 3.05) is 0 Å². The highest BCUT2D eigenvalue weighted by Crippen LogP contribution is 2.45. The molecule has 0 aromatic rings. The summed E-state index contributed by atoms with van der Waals surface area (Å²) in [6, 6.07) is 0.569. The highest BCUT2D eigenvalue weighted by atomic mass is 16.5. The molecule has 0 heterocycles. The number of ether oxygens (including phenoxy) is 1. The summed E-state index contributed by atoms with van der Waals surface area (Å²) in [7, 11) is 0. The second kappa shape index (κ2) is 3.99. The van der Waals surface area contributed by atoms with E-state index in [2.05, 4.69) is 60.7 Å². The van der Waals surface area contributed by atoms with Crippen molar-refractivity contribution in [1.29, 1.82) is 0 Å². The number of hydrogen-bond donors (Lipinski definition) is 1. The van der Waals surface area contributed by atoms with E-state index in [0.717, 1.165) is 6.42 Å². The first-order chi connectivity index (χ1) is 6.92. The highest BCUT2D eigenvalue weighted by molar-refractivity contribution is 5.05. The molecule has 0 aromatic heterocycles. The molecule has 0 aliphatic heterocycles. The molecule has 0 radical (unpaired) electrons. The summed E-state index contributed by atoms with van der Waals surface area (Å²) >= 11 is 0. The molecule has 1 saturated carbocycles. The van der Waals surface area contributed by atoms with Crippen LogP contribution in [0.25, 0.3) is 0 Å². The predicted octanol–water partition coefficient (Wildman–Crippen LogP) is 3.36. The lowest BCUT2D eigenvalue weighted by Crippen LogP contribution is -2.65. The fourth-order valence-corrected chi connectivity index (χ4v) is 2.28. The van der Waals surface area contributed by atoms with Gasteiger partial charge in [-0.05, 0) is 48.0 Å². The first kappa shape index (κ1) is 14.0. The minimum Gasteiger partial charge on any atom is -0.372 e. The van der Waals surface area contributed by atoms with Crippen molar-refractivity contribution in [2.45, 2.75) is 85.1 Å². The van der Waals surface area contributed by atoms with Crippen LogP contribution in [0.5, 0.6) is 0 Å². The van der Waals surface area contributed by atoms with Crippen molar-refractivity contribution in [1.82, 2.24) is 5.32 Å². The van der Waals surface area contributed by atoms with Crippen molar-refractivity contribution in [3.05, 3.63) is 0 Å². The monoisotopic (exact) mass is 227 g/mol. The predicted molar refractivity (Wildman–Crippen MR) is 69.7 cm³/mol. The molecule has 1 aliphatic rings. The van der Waals surface area contributed by atoms with Gasteiger partial charge in [0.1, 0.15) is 0 Å². The van der Waals surface area contributed by atoms with E-state index in [0.29, 0.717) is 12.1 Å². The van der Waals surface area contributed by atoms with E-state index in [4.69, 9.17) is 4.74 Å². The quantitative estimate of drug-likeness (QED) is 0.781. The van der Waals surface area contributed by atoms with Gasteiger partial charge in [-0.25, -0.2) is 0 Å². The van der Waals surface area contributed by atoms with Crippen LogP contribution in [-0.4, -0.2) is 23.3 Å². The fourth-order valence-electron chi connectivity index (χ4n) is 2.28. The Morgan fingerprint density at radius 2 is 1.56 bits per heavy atom. The van der Waals surface area contributed by atoms with Gasteiger partial charge in [0.05, 0.1) is 11.7 Å². The summed E-state index contributed by atoms with van der Waals surface area (Å²) < 4.78 is 6.09. The van der Waals surface area contributed by atoms with E-state index in [-0.39, 0.29) is 16.6 Å². The highest BCUT2D eigenvalue weighted by Gasteiger charge is 2.50. The van der Waals surface area contributed by atoms with Gasteiger partial charge in [0.15, 0.2) is 0 Å². The van der Waals surface area contributed by atoms with Crippen LogP contribution in [0.1, 0.15) is 61.8 Å². The average Bonchev–Trinajstić information content (AvgIpc) is 1.98. The Balaban J connectivity index is 2.54. The average molecular weight is 227 g/mol. The van der Waals surface area contributed by atoms with Crippen LogP contribution < -0.4 is 5.32 Å². The van der Waals surface area contributed by atoms with Crippen LogP contribution in [0.2, 0.25) is 0 Å². The summed E-state index contributed by atoms with van der Waals surface area (Å²) in [4.78, 5) is 0. The van der Waals surface area contributed by atoms with Crippen molar-refractivity contribution < 1.29 is 4.74 Å². The van der Waals surface area contributed by atoms with Gasteiger partial charge in [-0.3, -0.25) is 0 Å². The second-order valence-electron chi connectivity index (χ2n) is 7.72. The molecule has 1 N–H and O–H groups in total. The zero-order valence-corrected chi connectivity index (χ0v) is 12.3. The Hall–Kier alpha value is -0.0800. The molecule has 1 rings (SSSR count). The van der Waals surface area contributed by atoms with Gasteiger partial charge >= 0.3 is 0 Å². The summed E-state index contributed by atoms with van der Waals surface area (Å²) in [6.07, 6.45) is 1.51. The summed E-state index contributed by atoms with van der Waals surface area (Å²) in [5, 5.41) is 3.68. The van der Waals surface area contributed by atoms with Gasteiger partial charge in [0, 0.05) is 17.0 Å². The molecule has 2 heteroatoms. The molecule has 0 saturated heterocycles. The van der Waals surface area contributed by atoms with Crippen LogP contribution in [0, 0.1) is 5.41 Å². The van der Waals surface area contributed by atoms with Gasteiger partial charge in [-0.1, -0.05) is 13.8 Å². The van der Waals surface area contributed by atoms with E-state index < -0.39 is 0 Å². The molecular weight excluding hydrogens is 198 g/mol. The molecule has 0 unspecified atom stereocenters. The molecule has 96 valence electrons. The molecule has 0 spiro atoms. The van der Waals surface area contributed by atoms with Crippen molar-refractivity contribution in [2.24, 2.45) is 5.41 Å². The lowest BCUT2D eigenvalue weighted by Gasteiger charge is -2.55. The molecule has 0 aromatic carbocycles. The molecule has 16 heavy (non-hydrogen) atoms. The van der Waals surface area contributed by atoms with Gasteiger partial charge in [-0.15, -0.1) is 0 Å². The Kier molecular flexibility index (Phi) is 3.49. The summed E-state index contributed by atoms with van der Waals surface area (Å²) in [5.74, 6) is 0. The van der Waals surface area contributed by atoms with Gasteiger partial charge in [0.25, 0.3) is 0 Å². The van der Waals surface area contributed by atoms with Crippen LogP contribution in [0.3, 0.4) is 0 Å². The Labute approximate surface area is 101 Å².